The monoisotopic (exact) mass is 200 g/mol. The SMILES string of the molecule is CCCCNC(=O)N1CCC[C@H](O)C1. The maximum Gasteiger partial charge on any atom is 0.317 e. The van der Waals surface area contributed by atoms with Crippen molar-refractivity contribution < 1.29 is 9.90 Å². The van der Waals surface area contributed by atoms with Gasteiger partial charge in [0.05, 0.1) is 6.10 Å². The van der Waals surface area contributed by atoms with Gasteiger partial charge >= 0.3 is 6.03 Å². The summed E-state index contributed by atoms with van der Waals surface area (Å²) in [5.41, 5.74) is 0. The van der Waals surface area contributed by atoms with Crippen molar-refractivity contribution in [2.24, 2.45) is 0 Å². The van der Waals surface area contributed by atoms with Crippen molar-refractivity contribution >= 4 is 6.03 Å². The van der Waals surface area contributed by atoms with Crippen LogP contribution in [-0.4, -0.2) is 41.8 Å². The van der Waals surface area contributed by atoms with Gasteiger partial charge in [0.2, 0.25) is 0 Å². The van der Waals surface area contributed by atoms with Gasteiger partial charge in [-0.25, -0.2) is 4.79 Å². The molecule has 82 valence electrons. The molecule has 1 rings (SSSR count). The molecular formula is C10H20N2O2. The van der Waals surface area contributed by atoms with Crippen LogP contribution in [0, 0.1) is 0 Å². The van der Waals surface area contributed by atoms with Gasteiger partial charge in [0, 0.05) is 19.6 Å². The number of unbranched alkanes of at least 4 members (excludes halogenated alkanes) is 1. The Morgan fingerprint density at radius 3 is 3.07 bits per heavy atom. The summed E-state index contributed by atoms with van der Waals surface area (Å²) in [6.07, 6.45) is 3.49. The normalized spacial score (nSPS) is 22.1. The Hall–Kier alpha value is -0.770. The van der Waals surface area contributed by atoms with Crippen LogP contribution < -0.4 is 5.32 Å². The van der Waals surface area contributed by atoms with Gasteiger partial charge in [-0.15, -0.1) is 0 Å². The molecule has 1 atom stereocenters. The molecule has 2 N–H and O–H groups in total. The number of urea groups is 1. The first-order chi connectivity index (χ1) is 6.74. The van der Waals surface area contributed by atoms with E-state index in [0.29, 0.717) is 6.54 Å². The smallest absolute Gasteiger partial charge is 0.317 e. The molecule has 0 saturated carbocycles. The Labute approximate surface area is 85.3 Å². The van der Waals surface area contributed by atoms with Gasteiger partial charge in [-0.2, -0.15) is 0 Å². The highest BCUT2D eigenvalue weighted by Crippen LogP contribution is 2.09. The predicted octanol–water partition coefficient (Wildman–Crippen LogP) is 0.953. The van der Waals surface area contributed by atoms with Gasteiger partial charge in [-0.05, 0) is 19.3 Å². The van der Waals surface area contributed by atoms with Gasteiger partial charge in [0.15, 0.2) is 0 Å². The van der Waals surface area contributed by atoms with Gasteiger partial charge in [0.25, 0.3) is 0 Å². The Bertz CT molecular complexity index is 185. The lowest BCUT2D eigenvalue weighted by atomic mass is 10.1. The van der Waals surface area contributed by atoms with Crippen LogP contribution in [-0.2, 0) is 0 Å². The quantitative estimate of drug-likeness (QED) is 0.666. The van der Waals surface area contributed by atoms with Crippen LogP contribution in [0.1, 0.15) is 32.6 Å². The van der Waals surface area contributed by atoms with E-state index >= 15 is 0 Å². The van der Waals surface area contributed by atoms with E-state index in [2.05, 4.69) is 12.2 Å². The summed E-state index contributed by atoms with van der Waals surface area (Å²) in [5.74, 6) is 0. The fourth-order valence-electron chi connectivity index (χ4n) is 1.62. The standard InChI is InChI=1S/C10H20N2O2/c1-2-3-6-11-10(14)12-7-4-5-9(13)8-12/h9,13H,2-8H2,1H3,(H,11,14)/t9-/m0/s1. The van der Waals surface area contributed by atoms with E-state index in [1.807, 2.05) is 0 Å². The number of likely N-dealkylation sites (tertiary alicyclic amines) is 1. The number of carbonyl (C=O) groups excluding carboxylic acids is 1. The lowest BCUT2D eigenvalue weighted by Crippen LogP contribution is -2.47. The second-order valence-corrected chi connectivity index (χ2v) is 3.83. The summed E-state index contributed by atoms with van der Waals surface area (Å²) >= 11 is 0. The summed E-state index contributed by atoms with van der Waals surface area (Å²) in [5, 5.41) is 12.2. The third kappa shape index (κ3) is 3.54. The second kappa shape index (κ2) is 5.86. The molecule has 4 heteroatoms. The van der Waals surface area contributed by atoms with E-state index in [0.717, 1.165) is 38.8 Å². The third-order valence-electron chi connectivity index (χ3n) is 2.49. The zero-order valence-corrected chi connectivity index (χ0v) is 8.83. The molecule has 2 amide bonds. The van der Waals surface area contributed by atoms with E-state index in [1.165, 1.54) is 0 Å². The number of amides is 2. The molecule has 0 aliphatic carbocycles. The fraction of sp³-hybridized carbons (Fsp3) is 0.900. The number of hydrogen-bond acceptors (Lipinski definition) is 2. The topological polar surface area (TPSA) is 52.6 Å². The van der Waals surface area contributed by atoms with E-state index in [1.54, 1.807) is 4.90 Å². The van der Waals surface area contributed by atoms with Crippen molar-refractivity contribution in [2.45, 2.75) is 38.7 Å². The van der Waals surface area contributed by atoms with Crippen LogP contribution in [0.3, 0.4) is 0 Å². The molecule has 0 unspecified atom stereocenters. The van der Waals surface area contributed by atoms with Crippen LogP contribution in [0.5, 0.6) is 0 Å². The molecular weight excluding hydrogens is 180 g/mol. The van der Waals surface area contributed by atoms with Crippen molar-refractivity contribution in [3.8, 4) is 0 Å². The molecule has 1 heterocycles. The van der Waals surface area contributed by atoms with Crippen LogP contribution in [0.2, 0.25) is 0 Å². The highest BCUT2D eigenvalue weighted by atomic mass is 16.3. The molecule has 0 aromatic heterocycles. The first-order valence-corrected chi connectivity index (χ1v) is 5.45. The number of aliphatic hydroxyl groups excluding tert-OH is 1. The zero-order valence-electron chi connectivity index (χ0n) is 8.83. The van der Waals surface area contributed by atoms with E-state index in [-0.39, 0.29) is 12.1 Å². The van der Waals surface area contributed by atoms with E-state index in [4.69, 9.17) is 0 Å². The molecule has 1 aliphatic rings. The fourth-order valence-corrected chi connectivity index (χ4v) is 1.62. The summed E-state index contributed by atoms with van der Waals surface area (Å²) in [4.78, 5) is 13.2. The minimum absolute atomic E-state index is 0.0304. The molecule has 1 fully saturated rings. The van der Waals surface area contributed by atoms with Crippen molar-refractivity contribution in [2.75, 3.05) is 19.6 Å². The number of nitrogens with zero attached hydrogens (tertiary/aromatic N) is 1. The van der Waals surface area contributed by atoms with Crippen molar-refractivity contribution in [1.82, 2.24) is 10.2 Å². The average Bonchev–Trinajstić information content (AvgIpc) is 2.18. The predicted molar refractivity (Wildman–Crippen MR) is 55.1 cm³/mol. The number of carbonyl (C=O) groups is 1. The number of hydrogen-bond donors (Lipinski definition) is 2. The van der Waals surface area contributed by atoms with Gasteiger partial charge < -0.3 is 15.3 Å². The minimum atomic E-state index is -0.333. The van der Waals surface area contributed by atoms with Crippen molar-refractivity contribution in [1.29, 1.82) is 0 Å². The Morgan fingerprint density at radius 2 is 2.43 bits per heavy atom. The maximum atomic E-state index is 11.5. The van der Waals surface area contributed by atoms with E-state index < -0.39 is 0 Å². The molecule has 0 radical (unpaired) electrons. The van der Waals surface area contributed by atoms with Crippen LogP contribution >= 0.6 is 0 Å². The summed E-state index contributed by atoms with van der Waals surface area (Å²) in [6, 6.07) is -0.0304. The van der Waals surface area contributed by atoms with Gasteiger partial charge in [0.1, 0.15) is 0 Å². The Morgan fingerprint density at radius 1 is 1.64 bits per heavy atom. The van der Waals surface area contributed by atoms with E-state index in [9.17, 15) is 9.90 Å². The number of piperidine rings is 1. The molecule has 0 spiro atoms. The van der Waals surface area contributed by atoms with Crippen LogP contribution in [0.15, 0.2) is 0 Å². The second-order valence-electron chi connectivity index (χ2n) is 3.83. The lowest BCUT2D eigenvalue weighted by molar-refractivity contribution is 0.0843. The third-order valence-corrected chi connectivity index (χ3v) is 2.49. The Kier molecular flexibility index (Phi) is 4.73. The zero-order chi connectivity index (χ0) is 10.4. The summed E-state index contributed by atoms with van der Waals surface area (Å²) in [6.45, 7) is 4.09. The molecule has 0 aromatic rings. The van der Waals surface area contributed by atoms with Crippen molar-refractivity contribution in [3.05, 3.63) is 0 Å². The molecule has 1 saturated heterocycles. The van der Waals surface area contributed by atoms with Gasteiger partial charge in [-0.3, -0.25) is 0 Å². The molecule has 4 nitrogen and oxygen atoms in total. The van der Waals surface area contributed by atoms with Crippen molar-refractivity contribution in [3.63, 3.8) is 0 Å². The van der Waals surface area contributed by atoms with Crippen LogP contribution in [0.25, 0.3) is 0 Å². The number of rotatable bonds is 3. The number of aliphatic hydroxyl groups is 1. The lowest BCUT2D eigenvalue weighted by Gasteiger charge is -2.30. The first kappa shape index (κ1) is 11.3. The minimum Gasteiger partial charge on any atom is -0.391 e. The average molecular weight is 200 g/mol. The first-order valence-electron chi connectivity index (χ1n) is 5.45. The van der Waals surface area contributed by atoms with Crippen LogP contribution in [0.4, 0.5) is 4.79 Å². The molecule has 14 heavy (non-hydrogen) atoms. The summed E-state index contributed by atoms with van der Waals surface area (Å²) in [7, 11) is 0. The highest BCUT2D eigenvalue weighted by molar-refractivity contribution is 5.74. The number of β-amino-alcohol motifs (C(OH)–C–C–N with tert-alkyl or cyclic N) is 1. The number of nitrogens with one attached hydrogen (secondary N) is 1. The maximum absolute atomic E-state index is 11.5. The summed E-state index contributed by atoms with van der Waals surface area (Å²) < 4.78 is 0. The van der Waals surface area contributed by atoms with Gasteiger partial charge in [-0.1, -0.05) is 13.3 Å². The molecule has 0 aromatic carbocycles. The molecule has 1 aliphatic heterocycles. The highest BCUT2D eigenvalue weighted by Gasteiger charge is 2.21. The largest absolute Gasteiger partial charge is 0.391 e. The Balaban J connectivity index is 2.22. The molecule has 0 bridgehead atoms.